The van der Waals surface area contributed by atoms with Crippen LogP contribution in [0, 0.1) is 35.5 Å². The van der Waals surface area contributed by atoms with Crippen LogP contribution in [0.1, 0.15) is 90.2 Å². The summed E-state index contributed by atoms with van der Waals surface area (Å²) in [6, 6.07) is 17.8. The van der Waals surface area contributed by atoms with E-state index in [9.17, 15) is 9.59 Å². The van der Waals surface area contributed by atoms with E-state index in [-0.39, 0.29) is 80.8 Å². The normalized spacial score (nSPS) is 37.1. The van der Waals surface area contributed by atoms with Gasteiger partial charge in [-0.2, -0.15) is 0 Å². The number of ether oxygens (including phenoxy) is 16. The molecule has 4 aliphatic heterocycles. The van der Waals surface area contributed by atoms with Gasteiger partial charge in [0.1, 0.15) is 55.1 Å². The minimum atomic E-state index is -0.831. The highest BCUT2D eigenvalue weighted by Gasteiger charge is 2.51. The van der Waals surface area contributed by atoms with Crippen LogP contribution in [0.4, 0.5) is 0 Å². The first-order chi connectivity index (χ1) is 38.3. The van der Waals surface area contributed by atoms with Crippen molar-refractivity contribution in [3.8, 4) is 5.75 Å². The summed E-state index contributed by atoms with van der Waals surface area (Å²) < 4.78 is 101. The minimum Gasteiger partial charge on any atom is -0.497 e. The molecule has 0 bridgehead atoms. The minimum absolute atomic E-state index is 0.00338. The molecule has 2 saturated carbocycles. The van der Waals surface area contributed by atoms with Crippen molar-refractivity contribution < 1.29 is 85.4 Å². The fourth-order valence-electron chi connectivity index (χ4n) is 12.3. The number of carbonyl (C=O) groups is 2. The molecule has 442 valence electrons. The molecule has 4 heterocycles. The topological polar surface area (TPSA) is 182 Å². The van der Waals surface area contributed by atoms with Crippen LogP contribution in [0.3, 0.4) is 0 Å². The molecular weight excluding hydrogens is 1020 g/mol. The Morgan fingerprint density at radius 3 is 1.62 bits per heavy atom. The van der Waals surface area contributed by atoms with Gasteiger partial charge >= 0.3 is 11.9 Å². The molecular formula is C61H90O18. The maximum atomic E-state index is 14.6. The van der Waals surface area contributed by atoms with Crippen molar-refractivity contribution in [2.75, 3.05) is 62.5 Å². The van der Waals surface area contributed by atoms with Crippen LogP contribution in [-0.2, 0) is 93.9 Å². The summed E-state index contributed by atoms with van der Waals surface area (Å²) in [7, 11) is 9.79. The molecule has 2 aliphatic carbocycles. The number of carbonyl (C=O) groups excluding carboxylic acids is 2. The van der Waals surface area contributed by atoms with Crippen LogP contribution in [0.25, 0.3) is 0 Å². The SMILES string of the molecule is C=CCOC(=O)C[C@@H]1O[C@H](C[C@H](OC(=O)C[C@@H]2O[C@H](C[C@H](OCc3ccc(OC)cc3)[C@@H]3C[C@H]3C)C[C@H](O[C@@H]3OC[C@@H](OC)[C@H](OC)[C@H]3OC)[C@H]2C)[C@@H]2C[C@H]2C)C[C@H](O[C@@H]2OC[C@@H](OC)[C@H](OC)[C@H]2OCc2ccccc2)[C@H]1C. The van der Waals surface area contributed by atoms with Gasteiger partial charge in [0, 0.05) is 73.1 Å². The van der Waals surface area contributed by atoms with Crippen LogP contribution in [0.15, 0.2) is 67.3 Å². The van der Waals surface area contributed by atoms with Gasteiger partial charge in [0.15, 0.2) is 12.6 Å². The molecule has 18 nitrogen and oxygen atoms in total. The van der Waals surface area contributed by atoms with E-state index in [4.69, 9.17) is 75.8 Å². The van der Waals surface area contributed by atoms with E-state index in [1.54, 1.807) is 42.7 Å². The molecule has 79 heavy (non-hydrogen) atoms. The maximum absolute atomic E-state index is 14.6. The third-order valence-electron chi connectivity index (χ3n) is 17.5. The van der Waals surface area contributed by atoms with Crippen molar-refractivity contribution in [3.63, 3.8) is 0 Å². The lowest BCUT2D eigenvalue weighted by Crippen LogP contribution is -2.58. The van der Waals surface area contributed by atoms with Gasteiger partial charge in [-0.15, -0.1) is 0 Å². The molecule has 2 aromatic rings. The Balaban J connectivity index is 0.988. The smallest absolute Gasteiger partial charge is 0.308 e. The first kappa shape index (κ1) is 61.5. The highest BCUT2D eigenvalue weighted by Crippen LogP contribution is 2.47. The Hall–Kier alpha value is -3.60. The molecule has 0 amide bonds. The first-order valence-electron chi connectivity index (χ1n) is 28.6. The Morgan fingerprint density at radius 2 is 1.10 bits per heavy atom. The zero-order chi connectivity index (χ0) is 56.2. The quantitative estimate of drug-likeness (QED) is 0.0567. The van der Waals surface area contributed by atoms with E-state index in [1.807, 2.05) is 61.5 Å². The summed E-state index contributed by atoms with van der Waals surface area (Å²) in [6.45, 7) is 13.5. The fourth-order valence-corrected chi connectivity index (χ4v) is 12.3. The lowest BCUT2D eigenvalue weighted by atomic mass is 9.86. The van der Waals surface area contributed by atoms with E-state index in [2.05, 4.69) is 27.4 Å². The van der Waals surface area contributed by atoms with Gasteiger partial charge in [-0.25, -0.2) is 0 Å². The van der Waals surface area contributed by atoms with Gasteiger partial charge in [-0.05, 0) is 59.8 Å². The van der Waals surface area contributed by atoms with Crippen molar-refractivity contribution in [2.24, 2.45) is 35.5 Å². The Kier molecular flexibility index (Phi) is 23.0. The van der Waals surface area contributed by atoms with Gasteiger partial charge in [0.05, 0.1) is 89.1 Å². The van der Waals surface area contributed by atoms with Gasteiger partial charge in [0.2, 0.25) is 0 Å². The molecule has 8 rings (SSSR count). The second kappa shape index (κ2) is 29.6. The lowest BCUT2D eigenvalue weighted by Gasteiger charge is -2.46. The molecule has 0 N–H and O–H groups in total. The summed E-state index contributed by atoms with van der Waals surface area (Å²) in [5.74, 6) is 0.833. The molecule has 6 fully saturated rings. The first-order valence-corrected chi connectivity index (χ1v) is 28.6. The van der Waals surface area contributed by atoms with E-state index in [0.717, 1.165) is 29.7 Å². The van der Waals surface area contributed by atoms with E-state index < -0.39 is 79.6 Å². The summed E-state index contributed by atoms with van der Waals surface area (Å²) in [6.07, 6.45) is -2.27. The highest BCUT2D eigenvalue weighted by molar-refractivity contribution is 5.70. The monoisotopic (exact) mass is 1110 g/mol. The fraction of sp³-hybridized carbons (Fsp3) is 0.738. The average molecular weight is 1110 g/mol. The zero-order valence-electron chi connectivity index (χ0n) is 48.2. The Morgan fingerprint density at radius 1 is 0.595 bits per heavy atom. The van der Waals surface area contributed by atoms with Crippen molar-refractivity contribution in [1.29, 1.82) is 0 Å². The summed E-state index contributed by atoms with van der Waals surface area (Å²) >= 11 is 0. The van der Waals surface area contributed by atoms with E-state index in [0.29, 0.717) is 56.7 Å². The molecule has 0 spiro atoms. The largest absolute Gasteiger partial charge is 0.497 e. The molecule has 22 atom stereocenters. The lowest BCUT2D eigenvalue weighted by molar-refractivity contribution is -0.314. The molecule has 2 aromatic carbocycles. The van der Waals surface area contributed by atoms with Crippen LogP contribution in [0.5, 0.6) is 5.75 Å². The maximum Gasteiger partial charge on any atom is 0.308 e. The molecule has 0 radical (unpaired) electrons. The molecule has 4 saturated heterocycles. The number of hydrogen-bond donors (Lipinski definition) is 0. The van der Waals surface area contributed by atoms with Gasteiger partial charge in [0.25, 0.3) is 0 Å². The molecule has 0 unspecified atom stereocenters. The molecule has 18 heteroatoms. The van der Waals surface area contributed by atoms with Crippen molar-refractivity contribution >= 4 is 11.9 Å². The average Bonchev–Trinajstić information content (AvgIpc) is 4.48. The van der Waals surface area contributed by atoms with E-state index >= 15 is 0 Å². The third-order valence-corrected chi connectivity index (χ3v) is 17.5. The van der Waals surface area contributed by atoms with Crippen molar-refractivity contribution in [1.82, 2.24) is 0 Å². The van der Waals surface area contributed by atoms with Crippen molar-refractivity contribution in [2.45, 2.75) is 190 Å². The number of esters is 2. The van der Waals surface area contributed by atoms with Crippen LogP contribution < -0.4 is 4.74 Å². The number of rotatable bonds is 29. The van der Waals surface area contributed by atoms with E-state index in [1.165, 1.54) is 6.08 Å². The summed E-state index contributed by atoms with van der Waals surface area (Å²) in [5.41, 5.74) is 2.04. The second-order valence-corrected chi connectivity index (χ2v) is 22.8. The summed E-state index contributed by atoms with van der Waals surface area (Å²) in [4.78, 5) is 27.9. The molecule has 0 aromatic heterocycles. The van der Waals surface area contributed by atoms with Crippen LogP contribution >= 0.6 is 0 Å². The van der Waals surface area contributed by atoms with Crippen molar-refractivity contribution in [3.05, 3.63) is 78.4 Å². The number of benzene rings is 2. The Labute approximate surface area is 468 Å². The Bertz CT molecular complexity index is 2170. The predicted molar refractivity (Wildman–Crippen MR) is 289 cm³/mol. The number of methoxy groups -OCH3 is 6. The third kappa shape index (κ3) is 16.4. The summed E-state index contributed by atoms with van der Waals surface area (Å²) in [5, 5.41) is 0. The zero-order valence-corrected chi connectivity index (χ0v) is 48.2. The van der Waals surface area contributed by atoms with Gasteiger partial charge in [-0.1, -0.05) is 82.8 Å². The van der Waals surface area contributed by atoms with Gasteiger partial charge < -0.3 is 75.8 Å². The standard InChI is InChI=1S/C61H90O18/c1-12-22-70-54(62)29-48-37(4)47(79-61-59(57(68-10)53(66-8)34-74-61)72-32-39-16-14-13-15-17-39)26-43(76-48)28-51(45-24-36(45)3)77-55(63)30-49-38(5)46(78-60-58(69-11)56(67-9)52(65-7)33-73-60)25-42(75-49)27-50(44-23-35(44)2)71-31-40-18-20-41(64-6)21-19-40/h12-21,35-38,42-53,56-61H,1,22-34H2,2-11H3/t35-,36-,37-,38-,42+,43+,44-,45-,46+,47+,48+,49+,50+,51+,52-,53-,56+,57+,58-,59-,60+,61+/m1/s1. The predicted octanol–water partition coefficient (Wildman–Crippen LogP) is 7.82. The molecule has 6 aliphatic rings. The number of hydrogen-bond acceptors (Lipinski definition) is 18. The van der Waals surface area contributed by atoms with Crippen LogP contribution in [0.2, 0.25) is 0 Å². The van der Waals surface area contributed by atoms with Crippen LogP contribution in [-0.4, -0.2) is 172 Å². The highest BCUT2D eigenvalue weighted by atomic mass is 16.7. The second-order valence-electron chi connectivity index (χ2n) is 22.8. The van der Waals surface area contributed by atoms with Gasteiger partial charge in [-0.3, -0.25) is 9.59 Å².